The van der Waals surface area contributed by atoms with E-state index in [1.54, 1.807) is 0 Å². The predicted molar refractivity (Wildman–Crippen MR) is 35.3 cm³/mol. The van der Waals surface area contributed by atoms with E-state index in [2.05, 4.69) is 11.7 Å². The van der Waals surface area contributed by atoms with Crippen molar-refractivity contribution in [2.45, 2.75) is 12.8 Å². The molecule has 1 fully saturated rings. The molecule has 0 aromatic rings. The van der Waals surface area contributed by atoms with Crippen LogP contribution in [0.25, 0.3) is 0 Å². The molecule has 3 N–H and O–H groups in total. The Bertz CT molecular complexity index is 154. The average Bonchev–Trinajstić information content (AvgIpc) is 1.79. The maximum absolute atomic E-state index is 8.19. The van der Waals surface area contributed by atoms with Crippen LogP contribution in [0.5, 0.6) is 0 Å². The van der Waals surface area contributed by atoms with Gasteiger partial charge in [-0.1, -0.05) is 17.3 Å². The van der Waals surface area contributed by atoms with E-state index < -0.39 is 0 Å². The van der Waals surface area contributed by atoms with Crippen LogP contribution in [-0.4, -0.2) is 11.0 Å². The highest BCUT2D eigenvalue weighted by atomic mass is 16.4. The van der Waals surface area contributed by atoms with E-state index in [9.17, 15) is 0 Å². The van der Waals surface area contributed by atoms with Gasteiger partial charge in [-0.2, -0.15) is 0 Å². The fraction of sp³-hybridized carbons (Fsp3) is 0.500. The van der Waals surface area contributed by atoms with E-state index in [4.69, 9.17) is 10.9 Å². The van der Waals surface area contributed by atoms with Crippen LogP contribution >= 0.6 is 0 Å². The molecule has 9 heavy (non-hydrogen) atoms. The van der Waals surface area contributed by atoms with Gasteiger partial charge in [0.25, 0.3) is 0 Å². The minimum Gasteiger partial charge on any atom is -0.409 e. The fourth-order valence-electron chi connectivity index (χ4n) is 0.928. The molecule has 1 saturated carbocycles. The first-order valence-corrected chi connectivity index (χ1v) is 2.88. The van der Waals surface area contributed by atoms with Crippen LogP contribution in [0.4, 0.5) is 0 Å². The van der Waals surface area contributed by atoms with Gasteiger partial charge in [-0.05, 0) is 12.8 Å². The van der Waals surface area contributed by atoms with Crippen molar-refractivity contribution in [1.82, 2.24) is 0 Å². The highest BCUT2D eigenvalue weighted by Crippen LogP contribution is 2.30. The van der Waals surface area contributed by atoms with Crippen LogP contribution in [0.15, 0.2) is 17.3 Å². The molecule has 50 valence electrons. The third-order valence-corrected chi connectivity index (χ3v) is 1.60. The lowest BCUT2D eigenvalue weighted by molar-refractivity contribution is 0.311. The highest BCUT2D eigenvalue weighted by molar-refractivity contribution is 5.84. The zero-order valence-electron chi connectivity index (χ0n) is 5.17. The summed E-state index contributed by atoms with van der Waals surface area (Å²) in [5.74, 6) is 0.588. The number of nitrogens with two attached hydrogens (primary N) is 1. The monoisotopic (exact) mass is 126 g/mol. The van der Waals surface area contributed by atoms with E-state index in [0.717, 1.165) is 12.8 Å². The summed E-state index contributed by atoms with van der Waals surface area (Å²) in [6, 6.07) is 0. The van der Waals surface area contributed by atoms with E-state index in [1.807, 2.05) is 0 Å². The van der Waals surface area contributed by atoms with Gasteiger partial charge in [0, 0.05) is 5.92 Å². The fourth-order valence-corrected chi connectivity index (χ4v) is 0.928. The Balaban J connectivity index is 2.40. The van der Waals surface area contributed by atoms with Crippen LogP contribution in [0.1, 0.15) is 12.8 Å². The summed E-state index contributed by atoms with van der Waals surface area (Å²) in [7, 11) is 0. The van der Waals surface area contributed by atoms with Crippen molar-refractivity contribution in [2.75, 3.05) is 0 Å². The number of hydrogen-bond donors (Lipinski definition) is 2. The van der Waals surface area contributed by atoms with E-state index >= 15 is 0 Å². The summed E-state index contributed by atoms with van der Waals surface area (Å²) < 4.78 is 0. The molecule has 0 radical (unpaired) electrons. The lowest BCUT2D eigenvalue weighted by atomic mass is 9.80. The topological polar surface area (TPSA) is 58.6 Å². The molecule has 0 spiro atoms. The summed E-state index contributed by atoms with van der Waals surface area (Å²) >= 11 is 0. The van der Waals surface area contributed by atoms with Crippen molar-refractivity contribution in [3.63, 3.8) is 0 Å². The van der Waals surface area contributed by atoms with Crippen molar-refractivity contribution in [2.24, 2.45) is 16.8 Å². The standard InChI is InChI=1S/C6H10N2O/c1-4-2-5(3-4)6(7)8-9/h5,9H,1-3H2,(H2,7,8). The third-order valence-electron chi connectivity index (χ3n) is 1.60. The van der Waals surface area contributed by atoms with Gasteiger partial charge in [-0.3, -0.25) is 0 Å². The molecular weight excluding hydrogens is 116 g/mol. The Morgan fingerprint density at radius 1 is 1.78 bits per heavy atom. The van der Waals surface area contributed by atoms with Gasteiger partial charge in [0.05, 0.1) is 0 Å². The Hall–Kier alpha value is -0.990. The number of nitrogens with zero attached hydrogens (tertiary/aromatic N) is 1. The molecular formula is C6H10N2O. The molecule has 1 aliphatic carbocycles. The second kappa shape index (κ2) is 2.09. The second-order valence-electron chi connectivity index (χ2n) is 2.38. The van der Waals surface area contributed by atoms with Gasteiger partial charge < -0.3 is 10.9 Å². The van der Waals surface area contributed by atoms with Gasteiger partial charge in [0.1, 0.15) is 5.84 Å². The molecule has 1 rings (SSSR count). The minimum atomic E-state index is 0.252. The van der Waals surface area contributed by atoms with Gasteiger partial charge in [-0.15, -0.1) is 0 Å². The summed E-state index contributed by atoms with van der Waals surface area (Å²) in [5, 5.41) is 11.1. The van der Waals surface area contributed by atoms with Crippen molar-refractivity contribution in [3.8, 4) is 0 Å². The van der Waals surface area contributed by atoms with Gasteiger partial charge in [0.15, 0.2) is 0 Å². The van der Waals surface area contributed by atoms with E-state index in [-0.39, 0.29) is 5.92 Å². The van der Waals surface area contributed by atoms with Gasteiger partial charge in [-0.25, -0.2) is 0 Å². The van der Waals surface area contributed by atoms with Gasteiger partial charge >= 0.3 is 0 Å². The van der Waals surface area contributed by atoms with Crippen molar-refractivity contribution >= 4 is 5.84 Å². The van der Waals surface area contributed by atoms with Crippen molar-refractivity contribution in [3.05, 3.63) is 12.2 Å². The quantitative estimate of drug-likeness (QED) is 0.178. The number of oxime groups is 1. The Kier molecular flexibility index (Phi) is 1.42. The summed E-state index contributed by atoms with van der Waals surface area (Å²) in [5.41, 5.74) is 6.49. The number of amidine groups is 1. The first-order valence-electron chi connectivity index (χ1n) is 2.88. The molecule has 0 bridgehead atoms. The first kappa shape index (κ1) is 6.13. The molecule has 3 nitrogen and oxygen atoms in total. The Morgan fingerprint density at radius 2 is 2.33 bits per heavy atom. The summed E-state index contributed by atoms with van der Waals surface area (Å²) in [4.78, 5) is 0. The normalized spacial score (nSPS) is 21.8. The van der Waals surface area contributed by atoms with Crippen LogP contribution in [0.2, 0.25) is 0 Å². The van der Waals surface area contributed by atoms with E-state index in [0.29, 0.717) is 5.84 Å². The largest absolute Gasteiger partial charge is 0.409 e. The minimum absolute atomic E-state index is 0.252. The summed E-state index contributed by atoms with van der Waals surface area (Å²) in [6.45, 7) is 3.74. The Morgan fingerprint density at radius 3 is 2.67 bits per heavy atom. The van der Waals surface area contributed by atoms with Crippen LogP contribution in [0.3, 0.4) is 0 Å². The molecule has 0 unspecified atom stereocenters. The molecule has 1 aliphatic rings. The van der Waals surface area contributed by atoms with Gasteiger partial charge in [0.2, 0.25) is 0 Å². The molecule has 3 heteroatoms. The van der Waals surface area contributed by atoms with E-state index in [1.165, 1.54) is 5.57 Å². The van der Waals surface area contributed by atoms with Crippen molar-refractivity contribution in [1.29, 1.82) is 0 Å². The number of hydrogen-bond acceptors (Lipinski definition) is 2. The second-order valence-corrected chi connectivity index (χ2v) is 2.38. The van der Waals surface area contributed by atoms with Crippen LogP contribution in [0, 0.1) is 5.92 Å². The molecule has 0 atom stereocenters. The number of allylic oxidation sites excluding steroid dienone is 1. The smallest absolute Gasteiger partial charge is 0.142 e. The SMILES string of the molecule is C=C1CC(C(N)=NO)C1. The predicted octanol–water partition coefficient (Wildman–Crippen LogP) is 0.699. The summed E-state index contributed by atoms with van der Waals surface area (Å²) in [6.07, 6.45) is 1.77. The third kappa shape index (κ3) is 1.04. The molecule has 0 heterocycles. The maximum Gasteiger partial charge on any atom is 0.142 e. The molecule has 0 aromatic carbocycles. The van der Waals surface area contributed by atoms with Crippen molar-refractivity contribution < 1.29 is 5.21 Å². The van der Waals surface area contributed by atoms with Crippen LogP contribution < -0.4 is 5.73 Å². The lowest BCUT2D eigenvalue weighted by Crippen LogP contribution is -2.30. The lowest BCUT2D eigenvalue weighted by Gasteiger charge is -2.26. The number of rotatable bonds is 1. The Labute approximate surface area is 53.9 Å². The average molecular weight is 126 g/mol. The first-order chi connectivity index (χ1) is 4.24. The zero-order valence-corrected chi connectivity index (χ0v) is 5.17. The highest BCUT2D eigenvalue weighted by Gasteiger charge is 2.24. The molecule has 0 aliphatic heterocycles. The van der Waals surface area contributed by atoms with Crippen LogP contribution in [-0.2, 0) is 0 Å². The zero-order chi connectivity index (χ0) is 6.85. The molecule has 0 saturated heterocycles. The molecule has 0 amide bonds. The molecule has 0 aromatic heterocycles. The maximum atomic E-state index is 8.19.